The summed E-state index contributed by atoms with van der Waals surface area (Å²) >= 11 is 2.72. The third-order valence-electron chi connectivity index (χ3n) is 4.20. The number of carbonyl (C=O) groups is 1. The predicted molar refractivity (Wildman–Crippen MR) is 120 cm³/mol. The Kier molecular flexibility index (Phi) is 8.39. The minimum atomic E-state index is -0.720. The van der Waals surface area contributed by atoms with Crippen LogP contribution in [0, 0.1) is 11.6 Å². The second-order valence-corrected chi connectivity index (χ2v) is 8.46. The maximum atomic E-state index is 14.1. The molecule has 9 heteroatoms. The minimum absolute atomic E-state index is 0. The number of thiazole rings is 1. The highest BCUT2D eigenvalue weighted by Crippen LogP contribution is 2.32. The number of anilines is 1. The van der Waals surface area contributed by atoms with E-state index in [1.54, 1.807) is 28.8 Å². The van der Waals surface area contributed by atoms with Gasteiger partial charge < -0.3 is 4.90 Å². The summed E-state index contributed by atoms with van der Waals surface area (Å²) in [5.74, 6) is -1.58. The highest BCUT2D eigenvalue weighted by Gasteiger charge is 2.22. The molecule has 1 aromatic heterocycles. The van der Waals surface area contributed by atoms with Crippen LogP contribution in [0.2, 0.25) is 0 Å². The number of thioether (sulfide) groups is 1. The maximum absolute atomic E-state index is 14.1. The number of hydrogen-bond donors (Lipinski definition) is 0. The van der Waals surface area contributed by atoms with Gasteiger partial charge in [-0.25, -0.2) is 13.8 Å². The Hall–Kier alpha value is -1.74. The van der Waals surface area contributed by atoms with Crippen LogP contribution in [-0.4, -0.2) is 49.2 Å². The molecule has 0 aliphatic carbocycles. The van der Waals surface area contributed by atoms with Crippen LogP contribution in [0.1, 0.15) is 16.8 Å². The second kappa shape index (κ2) is 10.3. The molecule has 156 valence electrons. The van der Waals surface area contributed by atoms with E-state index in [4.69, 9.17) is 0 Å². The van der Waals surface area contributed by atoms with Crippen LogP contribution in [0.3, 0.4) is 0 Å². The van der Waals surface area contributed by atoms with Gasteiger partial charge in [0.2, 0.25) is 0 Å². The summed E-state index contributed by atoms with van der Waals surface area (Å²) in [6.45, 7) is 1.23. The van der Waals surface area contributed by atoms with E-state index in [0.717, 1.165) is 35.3 Å². The van der Waals surface area contributed by atoms with E-state index < -0.39 is 11.6 Å². The van der Waals surface area contributed by atoms with Crippen molar-refractivity contribution in [1.29, 1.82) is 0 Å². The average Bonchev–Trinajstić information content (AvgIpc) is 3.08. The first-order valence-electron chi connectivity index (χ1n) is 8.75. The minimum Gasteiger partial charge on any atom is -0.309 e. The smallest absolute Gasteiger partial charge is 0.260 e. The van der Waals surface area contributed by atoms with Crippen molar-refractivity contribution < 1.29 is 13.6 Å². The quantitative estimate of drug-likeness (QED) is 0.450. The summed E-state index contributed by atoms with van der Waals surface area (Å²) in [6, 6.07) is 9.40. The number of rotatable bonds is 7. The fraction of sp³-hybridized carbons (Fsp3) is 0.300. The van der Waals surface area contributed by atoms with E-state index in [9.17, 15) is 13.6 Å². The summed E-state index contributed by atoms with van der Waals surface area (Å²) in [5, 5.41) is 0.372. The first kappa shape index (κ1) is 23.5. The lowest BCUT2D eigenvalue weighted by atomic mass is 10.2. The number of amides is 1. The lowest BCUT2D eigenvalue weighted by Crippen LogP contribution is -2.33. The summed E-state index contributed by atoms with van der Waals surface area (Å²) in [4.78, 5) is 22.1. The number of hydrogen-bond acceptors (Lipinski definition) is 5. The number of aromatic nitrogens is 1. The molecule has 0 spiro atoms. The number of carbonyl (C=O) groups excluding carboxylic acids is 1. The molecule has 4 nitrogen and oxygen atoms in total. The molecule has 1 amide bonds. The molecule has 0 bridgehead atoms. The van der Waals surface area contributed by atoms with Gasteiger partial charge in [-0.15, -0.1) is 24.2 Å². The largest absolute Gasteiger partial charge is 0.309 e. The Bertz CT molecular complexity index is 980. The monoisotopic (exact) mass is 457 g/mol. The van der Waals surface area contributed by atoms with Crippen molar-refractivity contribution in [3.63, 3.8) is 0 Å². The first-order valence-corrected chi connectivity index (χ1v) is 10.8. The highest BCUT2D eigenvalue weighted by molar-refractivity contribution is 7.98. The number of benzene rings is 2. The second-order valence-electron chi connectivity index (χ2n) is 6.57. The van der Waals surface area contributed by atoms with Gasteiger partial charge in [0.05, 0.1) is 4.70 Å². The maximum Gasteiger partial charge on any atom is 0.260 e. The lowest BCUT2D eigenvalue weighted by molar-refractivity contribution is 0.0986. The molecule has 3 aromatic rings. The van der Waals surface area contributed by atoms with Crippen LogP contribution in [0.15, 0.2) is 41.3 Å². The van der Waals surface area contributed by atoms with Crippen LogP contribution < -0.4 is 4.90 Å². The van der Waals surface area contributed by atoms with E-state index in [1.807, 2.05) is 37.4 Å². The zero-order valence-corrected chi connectivity index (χ0v) is 18.8. The van der Waals surface area contributed by atoms with Crippen LogP contribution in [-0.2, 0) is 0 Å². The first-order chi connectivity index (χ1) is 13.4. The van der Waals surface area contributed by atoms with Gasteiger partial charge in [-0.05, 0) is 63.6 Å². The van der Waals surface area contributed by atoms with Crippen molar-refractivity contribution in [1.82, 2.24) is 9.88 Å². The van der Waals surface area contributed by atoms with Crippen LogP contribution >= 0.6 is 35.5 Å². The van der Waals surface area contributed by atoms with Gasteiger partial charge in [-0.3, -0.25) is 9.69 Å². The molecule has 0 aliphatic rings. The molecule has 0 N–H and O–H groups in total. The van der Waals surface area contributed by atoms with Crippen LogP contribution in [0.4, 0.5) is 13.9 Å². The number of halogens is 3. The normalized spacial score (nSPS) is 11.0. The van der Waals surface area contributed by atoms with Crippen molar-refractivity contribution >= 4 is 56.8 Å². The summed E-state index contributed by atoms with van der Waals surface area (Å²) in [6.07, 6.45) is 2.70. The van der Waals surface area contributed by atoms with Gasteiger partial charge in [0.25, 0.3) is 5.91 Å². The van der Waals surface area contributed by atoms with Crippen LogP contribution in [0.25, 0.3) is 10.2 Å². The number of fused-ring (bicyclic) bond motifs is 1. The Labute approximate surface area is 183 Å². The fourth-order valence-electron chi connectivity index (χ4n) is 2.78. The third kappa shape index (κ3) is 5.66. The molecular weight excluding hydrogens is 436 g/mol. The van der Waals surface area contributed by atoms with Gasteiger partial charge >= 0.3 is 0 Å². The molecule has 0 aliphatic heterocycles. The molecule has 0 radical (unpaired) electrons. The topological polar surface area (TPSA) is 36.4 Å². The molecule has 3 rings (SSSR count). The zero-order valence-electron chi connectivity index (χ0n) is 16.3. The molecule has 0 unspecified atom stereocenters. The molecule has 0 saturated carbocycles. The molecular formula is C20H22ClF2N3OS2. The summed E-state index contributed by atoms with van der Waals surface area (Å²) in [5.41, 5.74) is 0.623. The SMILES string of the molecule is CSc1ccc(C(=O)N(CCCN(C)C)c2nc3c(F)cc(F)cc3s2)cc1.Cl. The lowest BCUT2D eigenvalue weighted by Gasteiger charge is -2.21. The van der Waals surface area contributed by atoms with Gasteiger partial charge in [0.15, 0.2) is 10.9 Å². The Morgan fingerprint density at radius 1 is 1.14 bits per heavy atom. The zero-order chi connectivity index (χ0) is 20.3. The Balaban J connectivity index is 0.00000300. The van der Waals surface area contributed by atoms with Crippen molar-refractivity contribution in [2.45, 2.75) is 11.3 Å². The standard InChI is InChI=1S/C20H21F2N3OS2.ClH/c1-24(2)9-4-10-25(19(26)13-5-7-15(27-3)8-6-13)20-23-18-16(22)11-14(21)12-17(18)28-20;/h5-8,11-12H,4,9-10H2,1-3H3;1H. The average molecular weight is 458 g/mol. The van der Waals surface area contributed by atoms with Crippen LogP contribution in [0.5, 0.6) is 0 Å². The molecule has 2 aromatic carbocycles. The Morgan fingerprint density at radius 2 is 1.83 bits per heavy atom. The van der Waals surface area contributed by atoms with Crippen molar-refractivity contribution in [2.24, 2.45) is 0 Å². The fourth-order valence-corrected chi connectivity index (χ4v) is 4.22. The molecule has 29 heavy (non-hydrogen) atoms. The van der Waals surface area contributed by atoms with Gasteiger partial charge in [0, 0.05) is 23.1 Å². The van der Waals surface area contributed by atoms with Crippen molar-refractivity contribution in [3.05, 3.63) is 53.6 Å². The summed E-state index contributed by atoms with van der Waals surface area (Å²) < 4.78 is 28.0. The molecule has 0 atom stereocenters. The molecule has 1 heterocycles. The van der Waals surface area contributed by atoms with E-state index in [-0.39, 0.29) is 23.8 Å². The highest BCUT2D eigenvalue weighted by atomic mass is 35.5. The van der Waals surface area contributed by atoms with E-state index in [2.05, 4.69) is 4.98 Å². The third-order valence-corrected chi connectivity index (χ3v) is 5.97. The van der Waals surface area contributed by atoms with E-state index in [1.165, 1.54) is 6.07 Å². The van der Waals surface area contributed by atoms with E-state index >= 15 is 0 Å². The molecule has 0 fully saturated rings. The Morgan fingerprint density at radius 3 is 2.45 bits per heavy atom. The van der Waals surface area contributed by atoms with Gasteiger partial charge in [-0.1, -0.05) is 11.3 Å². The van der Waals surface area contributed by atoms with E-state index in [0.29, 0.717) is 21.9 Å². The van der Waals surface area contributed by atoms with Crippen molar-refractivity contribution in [2.75, 3.05) is 38.3 Å². The van der Waals surface area contributed by atoms with Gasteiger partial charge in [-0.2, -0.15) is 0 Å². The van der Waals surface area contributed by atoms with Crippen molar-refractivity contribution in [3.8, 4) is 0 Å². The molecule has 0 saturated heterocycles. The number of nitrogens with zero attached hydrogens (tertiary/aromatic N) is 3. The van der Waals surface area contributed by atoms with Gasteiger partial charge in [0.1, 0.15) is 11.3 Å². The predicted octanol–water partition coefficient (Wildman–Crippen LogP) is 5.32. The summed E-state index contributed by atoms with van der Waals surface area (Å²) in [7, 11) is 3.92.